The van der Waals surface area contributed by atoms with Gasteiger partial charge >= 0.3 is 0 Å². The molecule has 1 heterocycles. The molecular formula is C13H11N5O. The van der Waals surface area contributed by atoms with Gasteiger partial charge in [-0.3, -0.25) is 10.2 Å². The van der Waals surface area contributed by atoms with Gasteiger partial charge in [0.1, 0.15) is 12.1 Å². The fourth-order valence-corrected chi connectivity index (χ4v) is 1.85. The van der Waals surface area contributed by atoms with Crippen LogP contribution in [0.2, 0.25) is 0 Å². The molecule has 0 fully saturated rings. The number of fused-ring (bicyclic) bond motifs is 1. The summed E-state index contributed by atoms with van der Waals surface area (Å²) in [5.74, 6) is 0.0995. The Morgan fingerprint density at radius 2 is 2.11 bits per heavy atom. The highest BCUT2D eigenvalue weighted by Crippen LogP contribution is 2.22. The van der Waals surface area contributed by atoms with Gasteiger partial charge in [-0.2, -0.15) is 15.6 Å². The van der Waals surface area contributed by atoms with Gasteiger partial charge in [0.15, 0.2) is 0 Å². The number of hydrazone groups is 1. The van der Waals surface area contributed by atoms with E-state index in [1.807, 2.05) is 12.1 Å². The van der Waals surface area contributed by atoms with E-state index >= 15 is 0 Å². The van der Waals surface area contributed by atoms with E-state index in [-0.39, 0.29) is 11.6 Å². The number of likely N-dealkylation sites (N-methyl/N-ethyl adjacent to an activating group) is 1. The fourth-order valence-electron chi connectivity index (χ4n) is 1.85. The molecule has 0 aliphatic carbocycles. The number of anilines is 1. The van der Waals surface area contributed by atoms with E-state index < -0.39 is 0 Å². The third-order valence-corrected chi connectivity index (χ3v) is 2.89. The zero-order chi connectivity index (χ0) is 13.8. The monoisotopic (exact) mass is 253 g/mol. The summed E-state index contributed by atoms with van der Waals surface area (Å²) in [5, 5.41) is 20.8. The van der Waals surface area contributed by atoms with Gasteiger partial charge in [-0.25, -0.2) is 0 Å². The molecule has 1 aliphatic heterocycles. The SMILES string of the molecule is CN1Cc2cc(NN=C(C#N)C#N)ccc2CC1=O. The lowest BCUT2D eigenvalue weighted by Gasteiger charge is -2.25. The number of nitrogens with zero attached hydrogens (tertiary/aromatic N) is 4. The van der Waals surface area contributed by atoms with Gasteiger partial charge in [0.05, 0.1) is 12.1 Å². The number of carbonyl (C=O) groups excluding carboxylic acids is 1. The van der Waals surface area contributed by atoms with Crippen LogP contribution in [0.25, 0.3) is 0 Å². The van der Waals surface area contributed by atoms with Gasteiger partial charge in [-0.05, 0) is 23.3 Å². The van der Waals surface area contributed by atoms with Crippen LogP contribution in [0, 0.1) is 22.7 Å². The zero-order valence-electron chi connectivity index (χ0n) is 10.3. The van der Waals surface area contributed by atoms with Crippen LogP contribution >= 0.6 is 0 Å². The molecule has 6 nitrogen and oxygen atoms in total. The highest BCUT2D eigenvalue weighted by molar-refractivity contribution is 6.10. The third kappa shape index (κ3) is 2.70. The quantitative estimate of drug-likeness (QED) is 0.629. The zero-order valence-corrected chi connectivity index (χ0v) is 10.3. The van der Waals surface area contributed by atoms with Crippen LogP contribution in [0.1, 0.15) is 11.1 Å². The molecule has 0 unspecified atom stereocenters. The van der Waals surface area contributed by atoms with Crippen molar-refractivity contribution in [3.8, 4) is 12.1 Å². The third-order valence-electron chi connectivity index (χ3n) is 2.89. The van der Waals surface area contributed by atoms with Gasteiger partial charge < -0.3 is 4.90 Å². The lowest BCUT2D eigenvalue weighted by molar-refractivity contribution is -0.130. The largest absolute Gasteiger partial charge is 0.341 e. The molecule has 0 aromatic heterocycles. The minimum absolute atomic E-state index is 0.0995. The molecule has 2 rings (SSSR count). The predicted octanol–water partition coefficient (Wildman–Crippen LogP) is 1.02. The summed E-state index contributed by atoms with van der Waals surface area (Å²) in [7, 11) is 1.76. The van der Waals surface area contributed by atoms with E-state index in [0.717, 1.165) is 11.1 Å². The highest BCUT2D eigenvalue weighted by Gasteiger charge is 2.19. The van der Waals surface area contributed by atoms with E-state index in [1.165, 1.54) is 0 Å². The van der Waals surface area contributed by atoms with Crippen LogP contribution in [0.3, 0.4) is 0 Å². The fraction of sp³-hybridized carbons (Fsp3) is 0.231. The van der Waals surface area contributed by atoms with Crippen LogP contribution in [0.5, 0.6) is 0 Å². The Morgan fingerprint density at radius 3 is 2.79 bits per heavy atom. The summed E-state index contributed by atoms with van der Waals surface area (Å²) in [5.41, 5.74) is 5.15. The average molecular weight is 253 g/mol. The summed E-state index contributed by atoms with van der Waals surface area (Å²) >= 11 is 0. The van der Waals surface area contributed by atoms with Crippen molar-refractivity contribution in [2.45, 2.75) is 13.0 Å². The molecule has 94 valence electrons. The van der Waals surface area contributed by atoms with E-state index in [1.54, 1.807) is 30.2 Å². The number of hydrogen-bond donors (Lipinski definition) is 1. The summed E-state index contributed by atoms with van der Waals surface area (Å²) < 4.78 is 0. The van der Waals surface area contributed by atoms with E-state index in [2.05, 4.69) is 10.5 Å². The topological polar surface area (TPSA) is 92.3 Å². The number of benzene rings is 1. The van der Waals surface area contributed by atoms with Crippen LogP contribution in [0.15, 0.2) is 23.3 Å². The summed E-state index contributed by atoms with van der Waals surface area (Å²) in [6.45, 7) is 0.552. The first-order valence-electron chi connectivity index (χ1n) is 5.63. The molecule has 1 N–H and O–H groups in total. The predicted molar refractivity (Wildman–Crippen MR) is 68.9 cm³/mol. The summed E-state index contributed by atoms with van der Waals surface area (Å²) in [6, 6.07) is 8.84. The van der Waals surface area contributed by atoms with Crippen molar-refractivity contribution < 1.29 is 4.79 Å². The van der Waals surface area contributed by atoms with Gasteiger partial charge in [0.2, 0.25) is 11.6 Å². The number of carbonyl (C=O) groups is 1. The molecule has 0 saturated carbocycles. The minimum atomic E-state index is -0.231. The molecule has 1 amide bonds. The Hall–Kier alpha value is -2.86. The molecule has 0 radical (unpaired) electrons. The molecule has 0 spiro atoms. The van der Waals surface area contributed by atoms with Gasteiger partial charge in [0, 0.05) is 13.6 Å². The Kier molecular flexibility index (Phi) is 3.44. The Balaban J connectivity index is 2.21. The molecule has 1 aliphatic rings. The molecule has 1 aromatic rings. The Morgan fingerprint density at radius 1 is 1.37 bits per heavy atom. The second-order valence-corrected chi connectivity index (χ2v) is 4.21. The smallest absolute Gasteiger partial charge is 0.237 e. The lowest BCUT2D eigenvalue weighted by atomic mass is 9.99. The maximum atomic E-state index is 11.6. The second kappa shape index (κ2) is 5.19. The number of rotatable bonds is 2. The first-order valence-corrected chi connectivity index (χ1v) is 5.63. The summed E-state index contributed by atoms with van der Waals surface area (Å²) in [6.07, 6.45) is 0.400. The van der Waals surface area contributed by atoms with Crippen molar-refractivity contribution in [2.75, 3.05) is 12.5 Å². The molecular weight excluding hydrogens is 242 g/mol. The molecule has 19 heavy (non-hydrogen) atoms. The molecule has 0 atom stereocenters. The van der Waals surface area contributed by atoms with Gasteiger partial charge in [0.25, 0.3) is 0 Å². The van der Waals surface area contributed by atoms with E-state index in [4.69, 9.17) is 10.5 Å². The highest BCUT2D eigenvalue weighted by atomic mass is 16.2. The van der Waals surface area contributed by atoms with Crippen LogP contribution in [0.4, 0.5) is 5.69 Å². The molecule has 6 heteroatoms. The van der Waals surface area contributed by atoms with Crippen LogP contribution in [-0.2, 0) is 17.8 Å². The van der Waals surface area contributed by atoms with Crippen molar-refractivity contribution in [3.63, 3.8) is 0 Å². The Bertz CT molecular complexity index is 619. The van der Waals surface area contributed by atoms with Crippen molar-refractivity contribution in [3.05, 3.63) is 29.3 Å². The summed E-state index contributed by atoms with van der Waals surface area (Å²) in [4.78, 5) is 13.2. The molecule has 1 aromatic carbocycles. The van der Waals surface area contributed by atoms with E-state index in [0.29, 0.717) is 18.7 Å². The lowest BCUT2D eigenvalue weighted by Crippen LogP contribution is -2.32. The van der Waals surface area contributed by atoms with Crippen molar-refractivity contribution in [1.29, 1.82) is 10.5 Å². The number of amides is 1. The molecule has 0 bridgehead atoms. The maximum absolute atomic E-state index is 11.6. The van der Waals surface area contributed by atoms with Crippen LogP contribution < -0.4 is 5.43 Å². The minimum Gasteiger partial charge on any atom is -0.341 e. The number of nitrogens with one attached hydrogen (secondary N) is 1. The Labute approximate surface area is 110 Å². The first-order chi connectivity index (χ1) is 9.13. The maximum Gasteiger partial charge on any atom is 0.237 e. The average Bonchev–Trinajstić information content (AvgIpc) is 2.41. The van der Waals surface area contributed by atoms with Crippen LogP contribution in [-0.4, -0.2) is 23.6 Å². The first kappa shape index (κ1) is 12.6. The van der Waals surface area contributed by atoms with Crippen molar-refractivity contribution in [1.82, 2.24) is 4.90 Å². The normalized spacial score (nSPS) is 13.0. The van der Waals surface area contributed by atoms with Crippen molar-refractivity contribution in [2.24, 2.45) is 5.10 Å². The second-order valence-electron chi connectivity index (χ2n) is 4.21. The van der Waals surface area contributed by atoms with Gasteiger partial charge in [-0.1, -0.05) is 6.07 Å². The van der Waals surface area contributed by atoms with Crippen molar-refractivity contribution >= 4 is 17.3 Å². The molecule has 0 saturated heterocycles. The number of hydrogen-bond acceptors (Lipinski definition) is 5. The number of nitriles is 2. The standard InChI is InChI=1S/C13H11N5O/c1-18-8-10-4-11(16-17-12(6-14)7-15)3-2-9(10)5-13(18)19/h2-4,16H,5,8H2,1H3. The van der Waals surface area contributed by atoms with Gasteiger partial charge in [-0.15, -0.1) is 0 Å². The van der Waals surface area contributed by atoms with E-state index in [9.17, 15) is 4.79 Å².